The Bertz CT molecular complexity index is 898. The van der Waals surface area contributed by atoms with Crippen molar-refractivity contribution in [3.8, 4) is 11.5 Å². The van der Waals surface area contributed by atoms with Crippen LogP contribution in [-0.2, 0) is 4.79 Å². The van der Waals surface area contributed by atoms with Crippen molar-refractivity contribution >= 4 is 35.2 Å². The molecule has 2 aromatic rings. The van der Waals surface area contributed by atoms with Crippen LogP contribution in [0.5, 0.6) is 11.5 Å². The van der Waals surface area contributed by atoms with E-state index in [0.29, 0.717) is 0 Å². The predicted octanol–water partition coefficient (Wildman–Crippen LogP) is 4.32. The highest BCUT2D eigenvalue weighted by Gasteiger charge is 2.15. The van der Waals surface area contributed by atoms with Crippen molar-refractivity contribution in [2.24, 2.45) is 0 Å². The van der Waals surface area contributed by atoms with E-state index in [2.05, 4.69) is 5.32 Å². The Kier molecular flexibility index (Phi) is 6.47. The highest BCUT2D eigenvalue weighted by molar-refractivity contribution is 6.34. The fourth-order valence-electron chi connectivity index (χ4n) is 2.63. The molecule has 0 aliphatic rings. The number of nitrogens with one attached hydrogen (secondary N) is 1. The third-order valence-electron chi connectivity index (χ3n) is 3.98. The first-order chi connectivity index (χ1) is 12.8. The van der Waals surface area contributed by atoms with E-state index in [-0.39, 0.29) is 22.0 Å². The maximum Gasteiger partial charge on any atom is 0.339 e. The monoisotopic (exact) mass is 389 g/mol. The molecular weight excluding hydrogens is 370 g/mol. The number of ether oxygens (including phenoxy) is 2. The number of hydrogen-bond donors (Lipinski definition) is 2. The lowest BCUT2D eigenvalue weighted by Crippen LogP contribution is -2.10. The number of aryl methyl sites for hydroxylation is 2. The average molecular weight is 390 g/mol. The van der Waals surface area contributed by atoms with Gasteiger partial charge in [-0.3, -0.25) is 4.79 Å². The van der Waals surface area contributed by atoms with Crippen molar-refractivity contribution in [1.82, 2.24) is 0 Å². The van der Waals surface area contributed by atoms with E-state index in [0.717, 1.165) is 22.4 Å². The summed E-state index contributed by atoms with van der Waals surface area (Å²) in [6, 6.07) is 6.38. The largest absolute Gasteiger partial charge is 0.497 e. The molecular formula is C20H20ClNO5. The number of methoxy groups -OCH3 is 2. The van der Waals surface area contributed by atoms with Gasteiger partial charge >= 0.3 is 5.97 Å². The minimum absolute atomic E-state index is 0.0828. The maximum atomic E-state index is 12.3. The molecule has 6 nitrogen and oxygen atoms in total. The van der Waals surface area contributed by atoms with E-state index in [4.69, 9.17) is 26.2 Å². The number of hydrogen-bond acceptors (Lipinski definition) is 4. The molecule has 0 atom stereocenters. The fourth-order valence-corrected chi connectivity index (χ4v) is 2.85. The summed E-state index contributed by atoms with van der Waals surface area (Å²) >= 11 is 6.08. The molecule has 7 heteroatoms. The van der Waals surface area contributed by atoms with Gasteiger partial charge in [0.2, 0.25) is 5.91 Å². The summed E-state index contributed by atoms with van der Waals surface area (Å²) in [4.78, 5) is 23.5. The molecule has 2 aromatic carbocycles. The molecule has 0 fully saturated rings. The molecule has 0 aliphatic heterocycles. The Balaban J connectivity index is 2.24. The van der Waals surface area contributed by atoms with E-state index < -0.39 is 11.9 Å². The summed E-state index contributed by atoms with van der Waals surface area (Å²) in [6.07, 6.45) is 3.09. The van der Waals surface area contributed by atoms with Crippen LogP contribution in [0.15, 0.2) is 30.3 Å². The Labute approximate surface area is 162 Å². The SMILES string of the molecule is COc1cc(C)c(/C=C/C(=O)Nc2cc(OC)c(C(=O)O)cc2Cl)c(C)c1. The molecule has 27 heavy (non-hydrogen) atoms. The van der Waals surface area contributed by atoms with Gasteiger partial charge in [0.05, 0.1) is 24.9 Å². The second-order valence-corrected chi connectivity index (χ2v) is 6.24. The third kappa shape index (κ3) is 4.80. The summed E-state index contributed by atoms with van der Waals surface area (Å²) in [5.41, 5.74) is 3.04. The second-order valence-electron chi connectivity index (χ2n) is 5.83. The zero-order valence-corrected chi connectivity index (χ0v) is 16.2. The number of benzene rings is 2. The smallest absolute Gasteiger partial charge is 0.339 e. The molecule has 2 rings (SSSR count). The zero-order valence-electron chi connectivity index (χ0n) is 15.4. The molecule has 0 radical (unpaired) electrons. The van der Waals surface area contributed by atoms with Crippen LogP contribution in [0.1, 0.15) is 27.0 Å². The lowest BCUT2D eigenvalue weighted by Gasteiger charge is -2.11. The first-order valence-electron chi connectivity index (χ1n) is 8.02. The lowest BCUT2D eigenvalue weighted by atomic mass is 10.0. The van der Waals surface area contributed by atoms with Crippen molar-refractivity contribution in [1.29, 1.82) is 0 Å². The molecule has 0 spiro atoms. The third-order valence-corrected chi connectivity index (χ3v) is 4.29. The predicted molar refractivity (Wildman–Crippen MR) is 105 cm³/mol. The normalized spacial score (nSPS) is 10.7. The molecule has 1 amide bonds. The van der Waals surface area contributed by atoms with Gasteiger partial charge < -0.3 is 19.9 Å². The van der Waals surface area contributed by atoms with E-state index in [1.165, 1.54) is 25.3 Å². The van der Waals surface area contributed by atoms with Gasteiger partial charge in [-0.2, -0.15) is 0 Å². The van der Waals surface area contributed by atoms with Crippen molar-refractivity contribution in [3.63, 3.8) is 0 Å². The summed E-state index contributed by atoms with van der Waals surface area (Å²) < 4.78 is 10.3. The molecule has 0 heterocycles. The Morgan fingerprint density at radius 3 is 2.22 bits per heavy atom. The minimum Gasteiger partial charge on any atom is -0.497 e. The van der Waals surface area contributed by atoms with Crippen LogP contribution in [0.2, 0.25) is 5.02 Å². The minimum atomic E-state index is -1.17. The number of carbonyl (C=O) groups excluding carboxylic acids is 1. The van der Waals surface area contributed by atoms with Crippen LogP contribution < -0.4 is 14.8 Å². The highest BCUT2D eigenvalue weighted by atomic mass is 35.5. The van der Waals surface area contributed by atoms with Crippen LogP contribution in [0.3, 0.4) is 0 Å². The summed E-state index contributed by atoms with van der Waals surface area (Å²) in [5, 5.41) is 11.9. The molecule has 2 N–H and O–H groups in total. The number of halogens is 1. The quantitative estimate of drug-likeness (QED) is 0.718. The Morgan fingerprint density at radius 1 is 1.07 bits per heavy atom. The number of aromatic carboxylic acids is 1. The number of anilines is 1. The first kappa shape index (κ1) is 20.3. The summed E-state index contributed by atoms with van der Waals surface area (Å²) in [5.74, 6) is -0.717. The molecule has 142 valence electrons. The van der Waals surface area contributed by atoms with Gasteiger partial charge in [0.1, 0.15) is 17.1 Å². The van der Waals surface area contributed by atoms with Crippen molar-refractivity contribution < 1.29 is 24.2 Å². The first-order valence-corrected chi connectivity index (χ1v) is 8.39. The number of carboxylic acid groups (broad SMARTS) is 1. The topological polar surface area (TPSA) is 84.9 Å². The Morgan fingerprint density at radius 2 is 1.70 bits per heavy atom. The number of carbonyl (C=O) groups is 2. The van der Waals surface area contributed by atoms with Crippen molar-refractivity contribution in [2.45, 2.75) is 13.8 Å². The molecule has 0 saturated heterocycles. The van der Waals surface area contributed by atoms with Gasteiger partial charge in [-0.15, -0.1) is 0 Å². The van der Waals surface area contributed by atoms with E-state index >= 15 is 0 Å². The summed E-state index contributed by atoms with van der Waals surface area (Å²) in [6.45, 7) is 3.86. The van der Waals surface area contributed by atoms with Gasteiger partial charge in [0, 0.05) is 12.1 Å². The number of rotatable bonds is 6. The molecule has 0 saturated carbocycles. The van der Waals surface area contributed by atoms with Gasteiger partial charge in [-0.25, -0.2) is 4.79 Å². The number of carboxylic acids is 1. The van der Waals surface area contributed by atoms with Gasteiger partial charge in [-0.1, -0.05) is 11.6 Å². The van der Waals surface area contributed by atoms with Crippen LogP contribution >= 0.6 is 11.6 Å². The number of amides is 1. The van der Waals surface area contributed by atoms with Crippen LogP contribution in [0.4, 0.5) is 5.69 Å². The van der Waals surface area contributed by atoms with Crippen LogP contribution in [0.25, 0.3) is 6.08 Å². The second kappa shape index (κ2) is 8.60. The van der Waals surface area contributed by atoms with Gasteiger partial charge in [0.15, 0.2) is 0 Å². The highest BCUT2D eigenvalue weighted by Crippen LogP contribution is 2.31. The summed E-state index contributed by atoms with van der Waals surface area (Å²) in [7, 11) is 2.95. The van der Waals surface area contributed by atoms with E-state index in [1.54, 1.807) is 13.2 Å². The lowest BCUT2D eigenvalue weighted by molar-refractivity contribution is -0.111. The van der Waals surface area contributed by atoms with Crippen molar-refractivity contribution in [2.75, 3.05) is 19.5 Å². The van der Waals surface area contributed by atoms with Gasteiger partial charge in [0.25, 0.3) is 0 Å². The maximum absolute atomic E-state index is 12.3. The molecule has 0 aliphatic carbocycles. The van der Waals surface area contributed by atoms with Crippen LogP contribution in [-0.4, -0.2) is 31.2 Å². The molecule has 0 bridgehead atoms. The zero-order chi connectivity index (χ0) is 20.1. The van der Waals surface area contributed by atoms with Gasteiger partial charge in [-0.05, 0) is 54.8 Å². The fraction of sp³-hybridized carbons (Fsp3) is 0.200. The molecule has 0 unspecified atom stereocenters. The average Bonchev–Trinajstić information content (AvgIpc) is 2.61. The van der Waals surface area contributed by atoms with Crippen LogP contribution in [0, 0.1) is 13.8 Å². The standard InChI is InChI=1S/C20H20ClNO5/c1-11-7-13(26-3)8-12(2)14(11)5-6-19(23)22-17-10-18(27-4)15(20(24)25)9-16(17)21/h5-10H,1-4H3,(H,22,23)(H,24,25)/b6-5+. The van der Waals surface area contributed by atoms with Crippen molar-refractivity contribution in [3.05, 3.63) is 57.6 Å². The Hall–Kier alpha value is -2.99. The van der Waals surface area contributed by atoms with E-state index in [9.17, 15) is 9.59 Å². The molecule has 0 aromatic heterocycles. The van der Waals surface area contributed by atoms with E-state index in [1.807, 2.05) is 26.0 Å².